The fraction of sp³-hybridized carbons (Fsp3) is 0.348. The van der Waals surface area contributed by atoms with Gasteiger partial charge in [0.1, 0.15) is 22.8 Å². The Morgan fingerprint density at radius 2 is 2.00 bits per heavy atom. The number of aryl methyl sites for hydroxylation is 1. The summed E-state index contributed by atoms with van der Waals surface area (Å²) in [5, 5.41) is 10.8. The molecule has 1 atom stereocenters. The number of fused-ring (bicyclic) bond motifs is 1. The molecule has 1 N–H and O–H groups in total. The van der Waals surface area contributed by atoms with Crippen molar-refractivity contribution in [2.24, 2.45) is 0 Å². The fourth-order valence-electron chi connectivity index (χ4n) is 4.23. The number of nitrogens with zero attached hydrogens (tertiary/aromatic N) is 1. The SMILES string of the molecule is COc1ccc(C2CCCN2Cc2cc(=O)oc3c(C)c(O)ccc23)c(OC)c1. The Morgan fingerprint density at radius 3 is 2.76 bits per heavy atom. The van der Waals surface area contributed by atoms with Gasteiger partial charge in [0.15, 0.2) is 0 Å². The van der Waals surface area contributed by atoms with E-state index in [-0.39, 0.29) is 11.8 Å². The smallest absolute Gasteiger partial charge is 0.336 e. The van der Waals surface area contributed by atoms with Crippen LogP contribution in [0.25, 0.3) is 11.0 Å². The molecule has 1 fully saturated rings. The number of hydrogen-bond donors (Lipinski definition) is 1. The van der Waals surface area contributed by atoms with Crippen LogP contribution in [0, 0.1) is 6.92 Å². The molecule has 6 heteroatoms. The molecule has 1 unspecified atom stereocenters. The number of benzene rings is 2. The van der Waals surface area contributed by atoms with E-state index in [1.165, 1.54) is 0 Å². The number of aromatic hydroxyl groups is 1. The number of phenols is 1. The molecule has 0 aliphatic carbocycles. The average Bonchev–Trinajstić information content (AvgIpc) is 3.18. The zero-order valence-electron chi connectivity index (χ0n) is 16.9. The Bertz CT molecular complexity index is 1100. The third kappa shape index (κ3) is 3.56. The van der Waals surface area contributed by atoms with Gasteiger partial charge >= 0.3 is 5.63 Å². The third-order valence-electron chi connectivity index (χ3n) is 5.75. The van der Waals surface area contributed by atoms with E-state index >= 15 is 0 Å². The molecule has 29 heavy (non-hydrogen) atoms. The Kier molecular flexibility index (Phi) is 5.20. The van der Waals surface area contributed by atoms with Crippen LogP contribution in [0.2, 0.25) is 0 Å². The minimum atomic E-state index is -0.404. The molecular weight excluding hydrogens is 370 g/mol. The van der Waals surface area contributed by atoms with Crippen molar-refractivity contribution in [2.75, 3.05) is 20.8 Å². The van der Waals surface area contributed by atoms with Crippen LogP contribution < -0.4 is 15.1 Å². The maximum Gasteiger partial charge on any atom is 0.336 e. The van der Waals surface area contributed by atoms with E-state index in [4.69, 9.17) is 13.9 Å². The highest BCUT2D eigenvalue weighted by Gasteiger charge is 2.29. The number of methoxy groups -OCH3 is 2. The molecule has 0 amide bonds. The molecule has 3 aromatic rings. The summed E-state index contributed by atoms with van der Waals surface area (Å²) in [7, 11) is 3.31. The minimum absolute atomic E-state index is 0.125. The predicted octanol–water partition coefficient (Wildman–Crippen LogP) is 4.16. The molecule has 0 saturated carbocycles. The zero-order valence-corrected chi connectivity index (χ0v) is 16.9. The van der Waals surface area contributed by atoms with Crippen molar-refractivity contribution in [3.05, 3.63) is 63.5 Å². The van der Waals surface area contributed by atoms with Gasteiger partial charge in [0.2, 0.25) is 0 Å². The van der Waals surface area contributed by atoms with Crippen molar-refractivity contribution in [1.29, 1.82) is 0 Å². The first-order valence-corrected chi connectivity index (χ1v) is 9.73. The molecule has 0 spiro atoms. The van der Waals surface area contributed by atoms with E-state index < -0.39 is 5.63 Å². The first kappa shape index (κ1) is 19.3. The lowest BCUT2D eigenvalue weighted by molar-refractivity contribution is 0.243. The van der Waals surface area contributed by atoms with Gasteiger partial charge in [0.25, 0.3) is 0 Å². The Balaban J connectivity index is 1.72. The summed E-state index contributed by atoms with van der Waals surface area (Å²) < 4.78 is 16.3. The van der Waals surface area contributed by atoms with Gasteiger partial charge in [-0.3, -0.25) is 4.90 Å². The maximum absolute atomic E-state index is 12.2. The van der Waals surface area contributed by atoms with E-state index in [9.17, 15) is 9.90 Å². The van der Waals surface area contributed by atoms with Crippen LogP contribution >= 0.6 is 0 Å². The molecule has 1 aliphatic rings. The Hall–Kier alpha value is -2.99. The summed E-state index contributed by atoms with van der Waals surface area (Å²) in [6, 6.07) is 11.1. The molecule has 1 aromatic heterocycles. The van der Waals surface area contributed by atoms with E-state index in [0.29, 0.717) is 17.7 Å². The molecule has 152 valence electrons. The fourth-order valence-corrected chi connectivity index (χ4v) is 4.23. The second kappa shape index (κ2) is 7.79. The van der Waals surface area contributed by atoms with Gasteiger partial charge in [-0.15, -0.1) is 0 Å². The zero-order chi connectivity index (χ0) is 20.5. The van der Waals surface area contributed by atoms with Crippen molar-refractivity contribution >= 4 is 11.0 Å². The molecule has 1 saturated heterocycles. The summed E-state index contributed by atoms with van der Waals surface area (Å²) in [5.74, 6) is 1.69. The lowest BCUT2D eigenvalue weighted by Gasteiger charge is -2.27. The second-order valence-corrected chi connectivity index (χ2v) is 7.41. The highest BCUT2D eigenvalue weighted by atomic mass is 16.5. The molecule has 0 bridgehead atoms. The third-order valence-corrected chi connectivity index (χ3v) is 5.75. The van der Waals surface area contributed by atoms with Crippen molar-refractivity contribution in [3.8, 4) is 17.2 Å². The molecule has 0 radical (unpaired) electrons. The highest BCUT2D eigenvalue weighted by Crippen LogP contribution is 2.40. The summed E-state index contributed by atoms with van der Waals surface area (Å²) in [5.41, 5.74) is 2.64. The van der Waals surface area contributed by atoms with Gasteiger partial charge in [0.05, 0.1) is 14.2 Å². The molecule has 2 aromatic carbocycles. The van der Waals surface area contributed by atoms with E-state index in [1.54, 1.807) is 33.3 Å². The summed E-state index contributed by atoms with van der Waals surface area (Å²) in [6.07, 6.45) is 2.08. The molecule has 6 nitrogen and oxygen atoms in total. The largest absolute Gasteiger partial charge is 0.508 e. The second-order valence-electron chi connectivity index (χ2n) is 7.41. The quantitative estimate of drug-likeness (QED) is 0.654. The number of phenolic OH excluding ortho intramolecular Hbond substituents is 1. The number of likely N-dealkylation sites (tertiary alicyclic amines) is 1. The minimum Gasteiger partial charge on any atom is -0.508 e. The maximum atomic E-state index is 12.2. The monoisotopic (exact) mass is 395 g/mol. The highest BCUT2D eigenvalue weighted by molar-refractivity contribution is 5.84. The van der Waals surface area contributed by atoms with Crippen LogP contribution in [0.4, 0.5) is 0 Å². The molecule has 2 heterocycles. The van der Waals surface area contributed by atoms with Crippen molar-refractivity contribution in [3.63, 3.8) is 0 Å². The van der Waals surface area contributed by atoms with Crippen molar-refractivity contribution in [1.82, 2.24) is 4.90 Å². The van der Waals surface area contributed by atoms with Crippen LogP contribution in [-0.2, 0) is 6.54 Å². The van der Waals surface area contributed by atoms with E-state index in [0.717, 1.165) is 47.4 Å². The van der Waals surface area contributed by atoms with Crippen molar-refractivity contribution in [2.45, 2.75) is 32.4 Å². The van der Waals surface area contributed by atoms with Crippen molar-refractivity contribution < 1.29 is 19.0 Å². The van der Waals surface area contributed by atoms with Crippen LogP contribution in [-0.4, -0.2) is 30.8 Å². The van der Waals surface area contributed by atoms with Crippen LogP contribution in [0.1, 0.15) is 35.6 Å². The molecule has 1 aliphatic heterocycles. The van der Waals surface area contributed by atoms with E-state index in [2.05, 4.69) is 11.0 Å². The first-order valence-electron chi connectivity index (χ1n) is 9.73. The average molecular weight is 395 g/mol. The van der Waals surface area contributed by atoms with Gasteiger partial charge in [-0.05, 0) is 50.1 Å². The molecule has 4 rings (SSSR count). The lowest BCUT2D eigenvalue weighted by Crippen LogP contribution is -2.24. The number of rotatable bonds is 5. The number of hydrogen-bond acceptors (Lipinski definition) is 6. The van der Waals surface area contributed by atoms with Gasteiger partial charge in [-0.25, -0.2) is 4.79 Å². The summed E-state index contributed by atoms with van der Waals surface area (Å²) in [6.45, 7) is 3.30. The van der Waals surface area contributed by atoms with Gasteiger partial charge in [-0.2, -0.15) is 0 Å². The van der Waals surface area contributed by atoms with E-state index in [1.807, 2.05) is 18.2 Å². The summed E-state index contributed by atoms with van der Waals surface area (Å²) in [4.78, 5) is 14.5. The van der Waals surface area contributed by atoms with Gasteiger partial charge in [0, 0.05) is 41.2 Å². The Morgan fingerprint density at radius 1 is 1.17 bits per heavy atom. The predicted molar refractivity (Wildman–Crippen MR) is 111 cm³/mol. The van der Waals surface area contributed by atoms with Gasteiger partial charge in [-0.1, -0.05) is 6.07 Å². The van der Waals surface area contributed by atoms with Crippen LogP contribution in [0.15, 0.2) is 45.6 Å². The standard InChI is InChI=1S/C23H25NO5/c1-14-20(25)9-8-17-15(11-22(26)29-23(14)17)13-24-10-4-5-19(24)18-7-6-16(27-2)12-21(18)28-3/h6-9,11-12,19,25H,4-5,10,13H2,1-3H3. The number of ether oxygens (including phenoxy) is 2. The summed E-state index contributed by atoms with van der Waals surface area (Å²) >= 11 is 0. The Labute approximate surface area is 169 Å². The van der Waals surface area contributed by atoms with Crippen LogP contribution in [0.5, 0.6) is 17.2 Å². The molecular formula is C23H25NO5. The first-order chi connectivity index (χ1) is 14.0. The lowest BCUT2D eigenvalue weighted by atomic mass is 10.0. The topological polar surface area (TPSA) is 72.1 Å². The normalized spacial score (nSPS) is 17.0. The van der Waals surface area contributed by atoms with Gasteiger partial charge < -0.3 is 19.0 Å². The van der Waals surface area contributed by atoms with Crippen LogP contribution in [0.3, 0.4) is 0 Å².